The number of carbonyl (C=O) groups is 1. The number of hydrogen-bond donors (Lipinski definition) is 0. The van der Waals surface area contributed by atoms with Crippen LogP contribution in [0.1, 0.15) is 51.2 Å². The van der Waals surface area contributed by atoms with Crippen molar-refractivity contribution in [3.63, 3.8) is 0 Å². The van der Waals surface area contributed by atoms with Crippen molar-refractivity contribution in [2.45, 2.75) is 52.4 Å². The summed E-state index contributed by atoms with van der Waals surface area (Å²) in [7, 11) is 1.91. The van der Waals surface area contributed by atoms with Crippen molar-refractivity contribution in [3.8, 4) is 0 Å². The highest BCUT2D eigenvalue weighted by Gasteiger charge is 2.46. The van der Waals surface area contributed by atoms with Gasteiger partial charge in [0, 0.05) is 7.05 Å². The van der Waals surface area contributed by atoms with Gasteiger partial charge in [-0.05, 0) is 37.3 Å². The minimum Gasteiger partial charge on any atom is -0.314 e. The molecule has 1 aromatic carbocycles. The van der Waals surface area contributed by atoms with E-state index in [2.05, 4.69) is 45.9 Å². The van der Waals surface area contributed by atoms with E-state index >= 15 is 0 Å². The van der Waals surface area contributed by atoms with Crippen molar-refractivity contribution >= 4 is 11.6 Å². The van der Waals surface area contributed by atoms with Gasteiger partial charge in [-0.25, -0.2) is 0 Å². The Labute approximate surface area is 116 Å². The summed E-state index contributed by atoms with van der Waals surface area (Å²) in [5, 5.41) is 0. The summed E-state index contributed by atoms with van der Waals surface area (Å²) in [5.74, 6) is 0.873. The maximum Gasteiger partial charge on any atom is 0.237 e. The van der Waals surface area contributed by atoms with Crippen molar-refractivity contribution in [1.29, 1.82) is 0 Å². The second-order valence-corrected chi connectivity index (χ2v) is 6.05. The van der Waals surface area contributed by atoms with Gasteiger partial charge in [-0.1, -0.05) is 44.9 Å². The van der Waals surface area contributed by atoms with Gasteiger partial charge in [0.15, 0.2) is 0 Å². The molecule has 19 heavy (non-hydrogen) atoms. The highest BCUT2D eigenvalue weighted by atomic mass is 16.2. The van der Waals surface area contributed by atoms with Gasteiger partial charge in [-0.3, -0.25) is 4.79 Å². The summed E-state index contributed by atoms with van der Waals surface area (Å²) >= 11 is 0. The first-order chi connectivity index (χ1) is 8.95. The summed E-state index contributed by atoms with van der Waals surface area (Å²) in [5.41, 5.74) is 3.20. The Morgan fingerprint density at radius 3 is 2.47 bits per heavy atom. The van der Waals surface area contributed by atoms with Crippen LogP contribution in [0.2, 0.25) is 0 Å². The maximum absolute atomic E-state index is 12.7. The Bertz CT molecular complexity index is 490. The fraction of sp³-hybridized carbons (Fsp3) is 0.588. The summed E-state index contributed by atoms with van der Waals surface area (Å²) in [6, 6.07) is 6.29. The molecule has 2 nitrogen and oxygen atoms in total. The SMILES string of the molecule is CCC(CC)CC1(C)C(=O)N(C)c2c(C)cccc21. The average Bonchev–Trinajstić information content (AvgIpc) is 2.60. The van der Waals surface area contributed by atoms with E-state index < -0.39 is 0 Å². The Balaban J connectivity index is 2.48. The van der Waals surface area contributed by atoms with Crippen LogP contribution in [0.4, 0.5) is 5.69 Å². The van der Waals surface area contributed by atoms with Crippen LogP contribution in [0.25, 0.3) is 0 Å². The molecule has 0 saturated heterocycles. The number of para-hydroxylation sites is 1. The van der Waals surface area contributed by atoms with Gasteiger partial charge < -0.3 is 4.90 Å². The number of aryl methyl sites for hydroxylation is 1. The topological polar surface area (TPSA) is 20.3 Å². The largest absolute Gasteiger partial charge is 0.314 e. The summed E-state index contributed by atoms with van der Waals surface area (Å²) in [6.45, 7) is 8.65. The van der Waals surface area contributed by atoms with Crippen LogP contribution in [-0.4, -0.2) is 13.0 Å². The number of likely N-dealkylation sites (N-methyl/N-ethyl adjacent to an activating group) is 1. The molecule has 2 rings (SSSR count). The Kier molecular flexibility index (Phi) is 3.71. The number of nitrogens with zero attached hydrogens (tertiary/aromatic N) is 1. The number of anilines is 1. The predicted octanol–water partition coefficient (Wildman–Crippen LogP) is 4.06. The van der Waals surface area contributed by atoms with Crippen molar-refractivity contribution in [2.75, 3.05) is 11.9 Å². The summed E-state index contributed by atoms with van der Waals surface area (Å²) in [4.78, 5) is 14.6. The Morgan fingerprint density at radius 2 is 1.89 bits per heavy atom. The molecule has 0 saturated carbocycles. The van der Waals surface area contributed by atoms with Crippen LogP contribution in [0.15, 0.2) is 18.2 Å². The molecule has 0 aliphatic carbocycles. The molecule has 1 amide bonds. The first-order valence-electron chi connectivity index (χ1n) is 7.34. The van der Waals surface area contributed by atoms with E-state index in [0.717, 1.165) is 24.9 Å². The fourth-order valence-corrected chi connectivity index (χ4v) is 3.49. The van der Waals surface area contributed by atoms with E-state index in [1.165, 1.54) is 11.1 Å². The molecule has 0 radical (unpaired) electrons. The number of carbonyl (C=O) groups excluding carboxylic acids is 1. The lowest BCUT2D eigenvalue weighted by atomic mass is 9.74. The molecule has 0 bridgehead atoms. The third-order valence-corrected chi connectivity index (χ3v) is 4.80. The van der Waals surface area contributed by atoms with Crippen LogP contribution in [0.3, 0.4) is 0 Å². The van der Waals surface area contributed by atoms with E-state index in [0.29, 0.717) is 5.92 Å². The van der Waals surface area contributed by atoms with Crippen LogP contribution in [-0.2, 0) is 10.2 Å². The lowest BCUT2D eigenvalue weighted by Gasteiger charge is -2.27. The van der Waals surface area contributed by atoms with E-state index in [4.69, 9.17) is 0 Å². The van der Waals surface area contributed by atoms with Gasteiger partial charge in [0.25, 0.3) is 0 Å². The van der Waals surface area contributed by atoms with Crippen molar-refractivity contribution < 1.29 is 4.79 Å². The average molecular weight is 259 g/mol. The summed E-state index contributed by atoms with van der Waals surface area (Å²) < 4.78 is 0. The molecule has 0 aromatic heterocycles. The third kappa shape index (κ3) is 2.07. The van der Waals surface area contributed by atoms with E-state index in [1.807, 2.05) is 11.9 Å². The normalized spacial score (nSPS) is 22.2. The minimum absolute atomic E-state index is 0.253. The minimum atomic E-state index is -0.340. The molecular formula is C17H25NO. The number of fused-ring (bicyclic) bond motifs is 1. The Hall–Kier alpha value is -1.31. The molecule has 1 atom stereocenters. The molecule has 2 heteroatoms. The molecule has 1 unspecified atom stereocenters. The third-order valence-electron chi connectivity index (χ3n) is 4.80. The number of hydrogen-bond acceptors (Lipinski definition) is 1. The lowest BCUT2D eigenvalue weighted by Crippen LogP contribution is -2.37. The first-order valence-corrected chi connectivity index (χ1v) is 7.34. The van der Waals surface area contributed by atoms with Gasteiger partial charge in [-0.15, -0.1) is 0 Å². The zero-order valence-corrected chi connectivity index (χ0v) is 12.8. The molecule has 0 fully saturated rings. The highest BCUT2D eigenvalue weighted by Crippen LogP contribution is 2.46. The van der Waals surface area contributed by atoms with Gasteiger partial charge in [0.05, 0.1) is 11.1 Å². The molecular weight excluding hydrogens is 234 g/mol. The van der Waals surface area contributed by atoms with Crippen LogP contribution in [0, 0.1) is 12.8 Å². The van der Waals surface area contributed by atoms with Gasteiger partial charge in [0.1, 0.15) is 0 Å². The van der Waals surface area contributed by atoms with Crippen LogP contribution >= 0.6 is 0 Å². The monoisotopic (exact) mass is 259 g/mol. The first kappa shape index (κ1) is 14.1. The molecule has 104 valence electrons. The van der Waals surface area contributed by atoms with Crippen molar-refractivity contribution in [3.05, 3.63) is 29.3 Å². The predicted molar refractivity (Wildman–Crippen MR) is 80.6 cm³/mol. The maximum atomic E-state index is 12.7. The van der Waals surface area contributed by atoms with Gasteiger partial charge >= 0.3 is 0 Å². The van der Waals surface area contributed by atoms with Crippen molar-refractivity contribution in [1.82, 2.24) is 0 Å². The molecule has 1 heterocycles. The zero-order valence-electron chi connectivity index (χ0n) is 12.8. The fourth-order valence-electron chi connectivity index (χ4n) is 3.49. The number of rotatable bonds is 4. The van der Waals surface area contributed by atoms with Crippen LogP contribution < -0.4 is 4.90 Å². The molecule has 1 aromatic rings. The lowest BCUT2D eigenvalue weighted by molar-refractivity contribution is -0.123. The van der Waals surface area contributed by atoms with E-state index in [-0.39, 0.29) is 11.3 Å². The second-order valence-electron chi connectivity index (χ2n) is 6.05. The van der Waals surface area contributed by atoms with Crippen LogP contribution in [0.5, 0.6) is 0 Å². The molecule has 0 spiro atoms. The smallest absolute Gasteiger partial charge is 0.237 e. The zero-order chi connectivity index (χ0) is 14.2. The quantitative estimate of drug-likeness (QED) is 0.798. The Morgan fingerprint density at radius 1 is 1.26 bits per heavy atom. The second kappa shape index (κ2) is 4.99. The molecule has 0 N–H and O–H groups in total. The van der Waals surface area contributed by atoms with Gasteiger partial charge in [0.2, 0.25) is 5.91 Å². The highest BCUT2D eigenvalue weighted by molar-refractivity contribution is 6.08. The number of benzene rings is 1. The van der Waals surface area contributed by atoms with Crippen molar-refractivity contribution in [2.24, 2.45) is 5.92 Å². The van der Waals surface area contributed by atoms with E-state index in [1.54, 1.807) is 0 Å². The molecule has 1 aliphatic heterocycles. The van der Waals surface area contributed by atoms with Gasteiger partial charge in [-0.2, -0.15) is 0 Å². The standard InChI is InChI=1S/C17H25NO/c1-6-13(7-2)11-17(4)14-10-8-9-12(3)15(14)18(5)16(17)19/h8-10,13H,6-7,11H2,1-5H3. The van der Waals surface area contributed by atoms with E-state index in [9.17, 15) is 4.79 Å². The number of amides is 1. The molecule has 1 aliphatic rings. The summed E-state index contributed by atoms with van der Waals surface area (Å²) in [6.07, 6.45) is 3.24.